The van der Waals surface area contributed by atoms with Gasteiger partial charge in [-0.15, -0.1) is 0 Å². The number of halogens is 3. The monoisotopic (exact) mass is 260 g/mol. The van der Waals surface area contributed by atoms with Gasteiger partial charge in [0.05, 0.1) is 12.7 Å². The van der Waals surface area contributed by atoms with Gasteiger partial charge in [0.25, 0.3) is 0 Å². The molecule has 18 heavy (non-hydrogen) atoms. The van der Waals surface area contributed by atoms with Gasteiger partial charge in [-0.25, -0.2) is 4.79 Å². The Hall–Kier alpha value is -1.56. The summed E-state index contributed by atoms with van der Waals surface area (Å²) in [5.74, 6) is -0.530. The van der Waals surface area contributed by atoms with Crippen molar-refractivity contribution in [3.05, 3.63) is 35.4 Å². The summed E-state index contributed by atoms with van der Waals surface area (Å²) in [5, 5.41) is 0. The topological polar surface area (TPSA) is 38.8 Å². The summed E-state index contributed by atoms with van der Waals surface area (Å²) in [6.07, 6.45) is -5.12. The van der Waals surface area contributed by atoms with Crippen molar-refractivity contribution in [2.75, 3.05) is 7.11 Å². The average molecular weight is 260 g/mol. The maximum Gasteiger partial charge on any atom is 0.416 e. The second-order valence-corrected chi connectivity index (χ2v) is 4.20. The molecule has 1 aromatic carbocycles. The molecular weight excluding hydrogens is 249 g/mol. The first-order valence-electron chi connectivity index (χ1n) is 5.22. The fourth-order valence-electron chi connectivity index (χ4n) is 1.80. The smallest absolute Gasteiger partial charge is 0.416 e. The van der Waals surface area contributed by atoms with Crippen LogP contribution in [0.15, 0.2) is 24.3 Å². The molecule has 98 valence electrons. The molecule has 6 heteroatoms. The van der Waals surface area contributed by atoms with Crippen LogP contribution in [0, 0.1) is 0 Å². The zero-order chi connectivity index (χ0) is 13.6. The Morgan fingerprint density at radius 2 is 1.89 bits per heavy atom. The quantitative estimate of drug-likeness (QED) is 0.605. The number of methoxy groups -OCH3 is 1. The highest BCUT2D eigenvalue weighted by Gasteiger charge is 2.59. The molecular formula is C12H11F3O3. The van der Waals surface area contributed by atoms with Crippen LogP contribution >= 0.6 is 0 Å². The third-order valence-corrected chi connectivity index (χ3v) is 3.01. The molecule has 0 bridgehead atoms. The Bertz CT molecular complexity index is 466. The number of ether oxygens (including phenoxy) is 2. The van der Waals surface area contributed by atoms with E-state index in [-0.39, 0.29) is 0 Å². The van der Waals surface area contributed by atoms with Crippen LogP contribution in [0.25, 0.3) is 0 Å². The largest absolute Gasteiger partial charge is 0.467 e. The van der Waals surface area contributed by atoms with Crippen molar-refractivity contribution in [3.63, 3.8) is 0 Å². The van der Waals surface area contributed by atoms with Crippen LogP contribution in [0.3, 0.4) is 0 Å². The summed E-state index contributed by atoms with van der Waals surface area (Å²) in [4.78, 5) is 11.3. The van der Waals surface area contributed by atoms with E-state index in [1.54, 1.807) is 6.92 Å². The van der Waals surface area contributed by atoms with E-state index in [1.807, 2.05) is 0 Å². The molecule has 2 rings (SSSR count). The van der Waals surface area contributed by atoms with Crippen LogP contribution in [-0.2, 0) is 26.0 Å². The minimum Gasteiger partial charge on any atom is -0.467 e. The number of rotatable bonds is 2. The number of benzene rings is 1. The van der Waals surface area contributed by atoms with Crippen LogP contribution in [0.1, 0.15) is 18.1 Å². The van der Waals surface area contributed by atoms with Crippen LogP contribution in [0.5, 0.6) is 0 Å². The van der Waals surface area contributed by atoms with Gasteiger partial charge in [-0.05, 0) is 24.6 Å². The van der Waals surface area contributed by atoms with Crippen LogP contribution in [0.2, 0.25) is 0 Å². The maximum absolute atomic E-state index is 12.4. The number of carbonyl (C=O) groups is 1. The Balaban J connectivity index is 2.20. The molecule has 2 atom stereocenters. The second-order valence-electron chi connectivity index (χ2n) is 4.20. The van der Waals surface area contributed by atoms with Gasteiger partial charge in [-0.1, -0.05) is 12.1 Å². The van der Waals surface area contributed by atoms with Gasteiger partial charge in [0.15, 0.2) is 6.10 Å². The van der Waals surface area contributed by atoms with Crippen molar-refractivity contribution >= 4 is 5.97 Å². The molecule has 1 saturated heterocycles. The third kappa shape index (κ3) is 2.08. The molecule has 3 nitrogen and oxygen atoms in total. The van der Waals surface area contributed by atoms with Crippen LogP contribution in [0.4, 0.5) is 13.2 Å². The summed E-state index contributed by atoms with van der Waals surface area (Å²) < 4.78 is 46.9. The van der Waals surface area contributed by atoms with Crippen molar-refractivity contribution in [1.82, 2.24) is 0 Å². The average Bonchev–Trinajstić information content (AvgIpc) is 3.01. The summed E-state index contributed by atoms with van der Waals surface area (Å²) in [5.41, 5.74) is -1.10. The molecule has 2 unspecified atom stereocenters. The van der Waals surface area contributed by atoms with Gasteiger partial charge in [-0.2, -0.15) is 13.2 Å². The first-order chi connectivity index (χ1) is 8.29. The molecule has 0 aliphatic carbocycles. The van der Waals surface area contributed by atoms with Gasteiger partial charge in [-0.3, -0.25) is 0 Å². The highest BCUT2D eigenvalue weighted by molar-refractivity contribution is 5.79. The van der Waals surface area contributed by atoms with Crippen LogP contribution in [-0.4, -0.2) is 19.2 Å². The summed E-state index contributed by atoms with van der Waals surface area (Å²) >= 11 is 0. The first kappa shape index (κ1) is 12.9. The lowest BCUT2D eigenvalue weighted by Gasteiger charge is -2.10. The lowest BCUT2D eigenvalue weighted by atomic mass is 9.96. The third-order valence-electron chi connectivity index (χ3n) is 3.01. The number of hydrogen-bond acceptors (Lipinski definition) is 3. The number of carbonyl (C=O) groups excluding carboxylic acids is 1. The van der Waals surface area contributed by atoms with Crippen molar-refractivity contribution in [2.45, 2.75) is 24.8 Å². The number of epoxide rings is 1. The van der Waals surface area contributed by atoms with Crippen molar-refractivity contribution in [3.8, 4) is 0 Å². The van der Waals surface area contributed by atoms with E-state index >= 15 is 0 Å². The van der Waals surface area contributed by atoms with Crippen LogP contribution < -0.4 is 0 Å². The van der Waals surface area contributed by atoms with E-state index in [4.69, 9.17) is 4.74 Å². The maximum atomic E-state index is 12.4. The molecule has 0 N–H and O–H groups in total. The number of esters is 1. The lowest BCUT2D eigenvalue weighted by molar-refractivity contribution is -0.142. The fourth-order valence-corrected chi connectivity index (χ4v) is 1.80. The number of alkyl halides is 3. The van der Waals surface area contributed by atoms with E-state index < -0.39 is 29.4 Å². The van der Waals surface area contributed by atoms with Gasteiger partial charge in [0.2, 0.25) is 0 Å². The van der Waals surface area contributed by atoms with Gasteiger partial charge >= 0.3 is 12.1 Å². The molecule has 1 aromatic rings. The Morgan fingerprint density at radius 3 is 2.33 bits per heavy atom. The Morgan fingerprint density at radius 1 is 1.33 bits per heavy atom. The predicted octanol–water partition coefficient (Wildman–Crippen LogP) is 2.49. The van der Waals surface area contributed by atoms with E-state index in [9.17, 15) is 18.0 Å². The molecule has 1 aliphatic heterocycles. The Kier molecular flexibility index (Phi) is 2.85. The summed E-state index contributed by atoms with van der Waals surface area (Å²) in [6.45, 7) is 1.64. The second kappa shape index (κ2) is 3.98. The highest BCUT2D eigenvalue weighted by atomic mass is 19.4. The van der Waals surface area contributed by atoms with Crippen molar-refractivity contribution in [2.24, 2.45) is 0 Å². The Labute approximate surface area is 102 Å². The molecule has 0 amide bonds. The molecule has 0 saturated carbocycles. The number of hydrogen-bond donors (Lipinski definition) is 0. The molecule has 0 aromatic heterocycles. The van der Waals surface area contributed by atoms with E-state index in [1.165, 1.54) is 19.2 Å². The van der Waals surface area contributed by atoms with Crippen molar-refractivity contribution in [1.29, 1.82) is 0 Å². The molecule has 1 fully saturated rings. The first-order valence-corrected chi connectivity index (χ1v) is 5.22. The highest BCUT2D eigenvalue weighted by Crippen LogP contribution is 2.46. The van der Waals surface area contributed by atoms with E-state index in [2.05, 4.69) is 4.74 Å². The van der Waals surface area contributed by atoms with Gasteiger partial charge in [0.1, 0.15) is 5.60 Å². The molecule has 1 aliphatic rings. The van der Waals surface area contributed by atoms with E-state index in [0.717, 1.165) is 12.1 Å². The van der Waals surface area contributed by atoms with Crippen molar-refractivity contribution < 1.29 is 27.4 Å². The van der Waals surface area contributed by atoms with Gasteiger partial charge in [0, 0.05) is 0 Å². The zero-order valence-corrected chi connectivity index (χ0v) is 9.75. The lowest BCUT2D eigenvalue weighted by Crippen LogP contribution is -2.17. The van der Waals surface area contributed by atoms with E-state index in [0.29, 0.717) is 5.56 Å². The zero-order valence-electron chi connectivity index (χ0n) is 9.75. The fraction of sp³-hybridized carbons (Fsp3) is 0.417. The minimum atomic E-state index is -4.37. The normalized spacial score (nSPS) is 26.8. The van der Waals surface area contributed by atoms with Gasteiger partial charge < -0.3 is 9.47 Å². The predicted molar refractivity (Wildman–Crippen MR) is 55.7 cm³/mol. The SMILES string of the molecule is COC(=O)C1OC1(C)c1ccc(C(F)(F)F)cc1. The molecule has 0 spiro atoms. The summed E-state index contributed by atoms with van der Waals surface area (Å²) in [7, 11) is 1.23. The summed E-state index contributed by atoms with van der Waals surface area (Å²) in [6, 6.07) is 4.56. The molecule has 0 radical (unpaired) electrons. The minimum absolute atomic E-state index is 0.519. The molecule has 1 heterocycles. The standard InChI is InChI=1S/C12H11F3O3/c1-11(9(18-11)10(16)17-2)7-3-5-8(6-4-7)12(13,14)15/h3-6,9H,1-2H3.